The summed E-state index contributed by atoms with van der Waals surface area (Å²) in [5.74, 6) is 1.10. The van der Waals surface area contributed by atoms with Crippen molar-refractivity contribution in [1.82, 2.24) is 4.90 Å². The maximum atomic E-state index is 12.1. The number of amides is 1. The van der Waals surface area contributed by atoms with E-state index in [-0.39, 0.29) is 5.54 Å². The van der Waals surface area contributed by atoms with E-state index in [9.17, 15) is 4.79 Å². The summed E-state index contributed by atoms with van der Waals surface area (Å²) in [6, 6.07) is 0. The van der Waals surface area contributed by atoms with Gasteiger partial charge in [-0.25, -0.2) is 0 Å². The number of hydrogen-bond acceptors (Lipinski definition) is 2. The van der Waals surface area contributed by atoms with Crippen LogP contribution in [0.15, 0.2) is 0 Å². The Labute approximate surface area is 97.1 Å². The summed E-state index contributed by atoms with van der Waals surface area (Å²) in [7, 11) is 1.81. The molecule has 1 spiro atoms. The molecule has 0 aromatic heterocycles. The molecule has 90 valence electrons. The van der Waals surface area contributed by atoms with Gasteiger partial charge in [-0.2, -0.15) is 0 Å². The highest BCUT2D eigenvalue weighted by Crippen LogP contribution is 2.51. The van der Waals surface area contributed by atoms with E-state index in [1.54, 1.807) is 0 Å². The zero-order valence-electron chi connectivity index (χ0n) is 10.1. The number of methoxy groups -OCH3 is 1. The smallest absolute Gasteiger partial charge is 0.223 e. The van der Waals surface area contributed by atoms with Gasteiger partial charge in [0.1, 0.15) is 0 Å². The minimum absolute atomic E-state index is 0.189. The molecule has 1 amide bonds. The molecule has 3 aliphatic rings. The Morgan fingerprint density at radius 1 is 1.44 bits per heavy atom. The van der Waals surface area contributed by atoms with Gasteiger partial charge in [0.2, 0.25) is 5.91 Å². The molecule has 3 rings (SSSR count). The number of ether oxygens (including phenoxy) is 1. The Morgan fingerprint density at radius 3 is 3.12 bits per heavy atom. The van der Waals surface area contributed by atoms with Gasteiger partial charge in [0, 0.05) is 25.6 Å². The molecule has 2 saturated heterocycles. The highest BCUT2D eigenvalue weighted by Gasteiger charge is 2.55. The lowest BCUT2D eigenvalue weighted by atomic mass is 9.83. The van der Waals surface area contributed by atoms with E-state index < -0.39 is 0 Å². The van der Waals surface area contributed by atoms with Gasteiger partial charge in [0.05, 0.1) is 6.10 Å². The Morgan fingerprint density at radius 2 is 2.31 bits per heavy atom. The number of carbonyl (C=O) groups is 1. The van der Waals surface area contributed by atoms with Gasteiger partial charge in [0.25, 0.3) is 0 Å². The molecule has 0 N–H and O–H groups in total. The van der Waals surface area contributed by atoms with Crippen molar-refractivity contribution in [2.24, 2.45) is 5.92 Å². The van der Waals surface area contributed by atoms with Crippen molar-refractivity contribution in [3.63, 3.8) is 0 Å². The monoisotopic (exact) mass is 223 g/mol. The van der Waals surface area contributed by atoms with Crippen LogP contribution in [0, 0.1) is 5.92 Å². The lowest BCUT2D eigenvalue weighted by Gasteiger charge is -2.38. The van der Waals surface area contributed by atoms with Gasteiger partial charge < -0.3 is 9.64 Å². The van der Waals surface area contributed by atoms with Crippen molar-refractivity contribution in [1.29, 1.82) is 0 Å². The predicted molar refractivity (Wildman–Crippen MR) is 61.1 cm³/mol. The first-order valence-electron chi connectivity index (χ1n) is 6.59. The van der Waals surface area contributed by atoms with E-state index >= 15 is 0 Å². The van der Waals surface area contributed by atoms with Crippen molar-refractivity contribution in [2.75, 3.05) is 13.7 Å². The Balaban J connectivity index is 1.93. The Kier molecular flexibility index (Phi) is 2.46. The summed E-state index contributed by atoms with van der Waals surface area (Å²) in [6.45, 7) is 0.992. The molecule has 1 aliphatic carbocycles. The molecule has 3 fully saturated rings. The van der Waals surface area contributed by atoms with Crippen LogP contribution in [-0.4, -0.2) is 36.1 Å². The SMILES string of the molecule is CO[C@@H]1C[C@H]2CCCC(=O)N3CCC[C@]23C1. The molecule has 3 heteroatoms. The molecule has 2 heterocycles. The molecular weight excluding hydrogens is 202 g/mol. The third-order valence-electron chi connectivity index (χ3n) is 5.00. The summed E-state index contributed by atoms with van der Waals surface area (Å²) >= 11 is 0. The number of nitrogens with zero attached hydrogens (tertiary/aromatic N) is 1. The van der Waals surface area contributed by atoms with E-state index in [0.29, 0.717) is 17.9 Å². The first-order chi connectivity index (χ1) is 7.76. The zero-order valence-corrected chi connectivity index (χ0v) is 10.1. The standard InChI is InChI=1S/C13H21NO2/c1-16-11-8-10-4-2-5-12(15)14-7-3-6-13(10,14)9-11/h10-11H,2-9H2,1H3/t10-,11-,13+/m1/s1. The highest BCUT2D eigenvalue weighted by molar-refractivity contribution is 5.78. The lowest BCUT2D eigenvalue weighted by molar-refractivity contribution is -0.135. The first kappa shape index (κ1) is 10.6. The second-order valence-corrected chi connectivity index (χ2v) is 5.64. The summed E-state index contributed by atoms with van der Waals surface area (Å²) < 4.78 is 5.54. The maximum Gasteiger partial charge on any atom is 0.223 e. The van der Waals surface area contributed by atoms with Crippen LogP contribution in [0.5, 0.6) is 0 Å². The van der Waals surface area contributed by atoms with Gasteiger partial charge in [0.15, 0.2) is 0 Å². The maximum absolute atomic E-state index is 12.1. The summed E-state index contributed by atoms with van der Waals surface area (Å²) in [6.07, 6.45) is 8.12. The predicted octanol–water partition coefficient (Wildman–Crippen LogP) is 1.96. The lowest BCUT2D eigenvalue weighted by Crippen LogP contribution is -2.48. The zero-order chi connectivity index (χ0) is 11.2. The summed E-state index contributed by atoms with van der Waals surface area (Å²) in [5.41, 5.74) is 0.189. The Hall–Kier alpha value is -0.570. The van der Waals surface area contributed by atoms with Crippen LogP contribution in [0.25, 0.3) is 0 Å². The van der Waals surface area contributed by atoms with Crippen molar-refractivity contribution in [3.8, 4) is 0 Å². The van der Waals surface area contributed by atoms with E-state index in [2.05, 4.69) is 4.90 Å². The van der Waals surface area contributed by atoms with E-state index in [1.807, 2.05) is 7.11 Å². The van der Waals surface area contributed by atoms with Crippen LogP contribution in [-0.2, 0) is 9.53 Å². The third-order valence-corrected chi connectivity index (χ3v) is 5.00. The summed E-state index contributed by atoms with van der Waals surface area (Å²) in [5, 5.41) is 0. The van der Waals surface area contributed by atoms with E-state index in [4.69, 9.17) is 4.74 Å². The second kappa shape index (κ2) is 3.73. The summed E-state index contributed by atoms with van der Waals surface area (Å²) in [4.78, 5) is 14.3. The largest absolute Gasteiger partial charge is 0.381 e. The van der Waals surface area contributed by atoms with Crippen molar-refractivity contribution >= 4 is 5.91 Å². The highest BCUT2D eigenvalue weighted by atomic mass is 16.5. The molecule has 2 aliphatic heterocycles. The first-order valence-corrected chi connectivity index (χ1v) is 6.59. The average Bonchev–Trinajstić information content (AvgIpc) is 2.83. The molecular formula is C13H21NO2. The number of hydrogen-bond donors (Lipinski definition) is 0. The van der Waals surface area contributed by atoms with Gasteiger partial charge >= 0.3 is 0 Å². The molecule has 0 aromatic rings. The molecule has 16 heavy (non-hydrogen) atoms. The van der Waals surface area contributed by atoms with Crippen molar-refractivity contribution in [3.05, 3.63) is 0 Å². The fourth-order valence-electron chi connectivity index (χ4n) is 4.29. The van der Waals surface area contributed by atoms with Crippen molar-refractivity contribution < 1.29 is 9.53 Å². The average molecular weight is 223 g/mol. The second-order valence-electron chi connectivity index (χ2n) is 5.64. The van der Waals surface area contributed by atoms with Gasteiger partial charge in [-0.15, -0.1) is 0 Å². The number of rotatable bonds is 1. The molecule has 0 aromatic carbocycles. The van der Waals surface area contributed by atoms with Crippen LogP contribution >= 0.6 is 0 Å². The van der Waals surface area contributed by atoms with E-state index in [1.165, 1.54) is 25.7 Å². The number of carbonyl (C=O) groups excluding carboxylic acids is 1. The molecule has 1 saturated carbocycles. The molecule has 3 nitrogen and oxygen atoms in total. The van der Waals surface area contributed by atoms with Crippen LogP contribution in [0.4, 0.5) is 0 Å². The van der Waals surface area contributed by atoms with Crippen LogP contribution in [0.2, 0.25) is 0 Å². The Bertz CT molecular complexity index is 304. The quantitative estimate of drug-likeness (QED) is 0.680. The van der Waals surface area contributed by atoms with Crippen LogP contribution in [0.1, 0.15) is 44.9 Å². The third kappa shape index (κ3) is 1.33. The minimum atomic E-state index is 0.189. The normalized spacial score (nSPS) is 43.1. The van der Waals surface area contributed by atoms with E-state index in [0.717, 1.165) is 25.8 Å². The fourth-order valence-corrected chi connectivity index (χ4v) is 4.29. The molecule has 0 unspecified atom stereocenters. The topological polar surface area (TPSA) is 29.5 Å². The van der Waals surface area contributed by atoms with Gasteiger partial charge in [-0.1, -0.05) is 0 Å². The molecule has 0 radical (unpaired) electrons. The van der Waals surface area contributed by atoms with Crippen molar-refractivity contribution in [2.45, 2.75) is 56.6 Å². The molecule has 0 bridgehead atoms. The van der Waals surface area contributed by atoms with Gasteiger partial charge in [-0.3, -0.25) is 4.79 Å². The van der Waals surface area contributed by atoms with Crippen LogP contribution in [0.3, 0.4) is 0 Å². The van der Waals surface area contributed by atoms with Gasteiger partial charge in [-0.05, 0) is 44.4 Å². The fraction of sp³-hybridized carbons (Fsp3) is 0.923. The van der Waals surface area contributed by atoms with Crippen LogP contribution < -0.4 is 0 Å². The molecule has 3 atom stereocenters. The minimum Gasteiger partial charge on any atom is -0.381 e.